The molecule has 6 nitrogen and oxygen atoms in total. The lowest BCUT2D eigenvalue weighted by Crippen LogP contribution is -2.38. The number of aromatic amines is 1. The first-order valence-corrected chi connectivity index (χ1v) is 9.62. The van der Waals surface area contributed by atoms with Gasteiger partial charge in [0.15, 0.2) is 6.61 Å². The fourth-order valence-corrected chi connectivity index (χ4v) is 4.01. The van der Waals surface area contributed by atoms with Gasteiger partial charge < -0.3 is 19.0 Å². The highest BCUT2D eigenvalue weighted by molar-refractivity contribution is 5.86. The summed E-state index contributed by atoms with van der Waals surface area (Å²) in [4.78, 5) is 29.6. The van der Waals surface area contributed by atoms with Gasteiger partial charge in [-0.2, -0.15) is 0 Å². The molecule has 0 fully saturated rings. The van der Waals surface area contributed by atoms with Crippen LogP contribution in [0, 0.1) is 6.92 Å². The number of ether oxygens (including phenoxy) is 1. The monoisotopic (exact) mass is 388 g/mol. The zero-order chi connectivity index (χ0) is 20.0. The fourth-order valence-electron chi connectivity index (χ4n) is 4.01. The van der Waals surface area contributed by atoms with Crippen molar-refractivity contribution in [2.24, 2.45) is 0 Å². The van der Waals surface area contributed by atoms with E-state index in [1.165, 1.54) is 22.7 Å². The third-order valence-corrected chi connectivity index (χ3v) is 5.52. The van der Waals surface area contributed by atoms with Crippen LogP contribution in [0.1, 0.15) is 16.8 Å². The Kier molecular flexibility index (Phi) is 4.12. The highest BCUT2D eigenvalue weighted by atomic mass is 16.5. The van der Waals surface area contributed by atoms with Gasteiger partial charge in [-0.3, -0.25) is 4.79 Å². The Balaban J connectivity index is 1.31. The average Bonchev–Trinajstić information content (AvgIpc) is 3.09. The molecule has 2 aromatic heterocycles. The van der Waals surface area contributed by atoms with E-state index in [4.69, 9.17) is 9.15 Å². The number of hydrogen-bond donors (Lipinski definition) is 1. The molecule has 2 aromatic carbocycles. The topological polar surface area (TPSA) is 75.5 Å². The Morgan fingerprint density at radius 3 is 2.93 bits per heavy atom. The maximum atomic E-state index is 12.7. The van der Waals surface area contributed by atoms with Gasteiger partial charge in [-0.15, -0.1) is 0 Å². The van der Waals surface area contributed by atoms with Crippen LogP contribution < -0.4 is 10.4 Å². The molecule has 1 aliphatic heterocycles. The minimum Gasteiger partial charge on any atom is -0.484 e. The smallest absolute Gasteiger partial charge is 0.336 e. The number of hydrogen-bond acceptors (Lipinski definition) is 4. The van der Waals surface area contributed by atoms with E-state index in [0.29, 0.717) is 24.4 Å². The predicted octanol–water partition coefficient (Wildman–Crippen LogP) is 3.55. The summed E-state index contributed by atoms with van der Waals surface area (Å²) < 4.78 is 10.9. The number of carbonyl (C=O) groups excluding carboxylic acids is 1. The number of H-pyrrole nitrogens is 1. The van der Waals surface area contributed by atoms with Gasteiger partial charge in [-0.05, 0) is 30.7 Å². The Bertz CT molecular complexity index is 1300. The second-order valence-corrected chi connectivity index (χ2v) is 7.39. The summed E-state index contributed by atoms with van der Waals surface area (Å²) in [5, 5.41) is 2.02. The standard InChI is InChI=1S/C23H20N2O4/c1-14-10-23(27)29-21-11-15(6-7-16(14)21)28-13-22(26)25-9-8-20-18(12-25)17-4-2-3-5-19(17)24-20/h2-7,10-11,24H,8-9,12-13H2,1H3. The van der Waals surface area contributed by atoms with Crippen LogP contribution in [-0.4, -0.2) is 28.9 Å². The number of nitrogens with zero attached hydrogens (tertiary/aromatic N) is 1. The molecule has 0 saturated heterocycles. The van der Waals surface area contributed by atoms with Gasteiger partial charge in [-0.25, -0.2) is 4.79 Å². The van der Waals surface area contributed by atoms with Gasteiger partial charge in [-0.1, -0.05) is 18.2 Å². The second kappa shape index (κ2) is 6.81. The summed E-state index contributed by atoms with van der Waals surface area (Å²) in [5.74, 6) is 0.441. The third kappa shape index (κ3) is 3.16. The highest BCUT2D eigenvalue weighted by Crippen LogP contribution is 2.28. The molecule has 6 heteroatoms. The van der Waals surface area contributed by atoms with Crippen molar-refractivity contribution in [1.29, 1.82) is 0 Å². The van der Waals surface area contributed by atoms with E-state index in [0.717, 1.165) is 22.9 Å². The molecular weight excluding hydrogens is 368 g/mol. The first-order chi connectivity index (χ1) is 14.1. The maximum absolute atomic E-state index is 12.7. The number of amides is 1. The lowest BCUT2D eigenvalue weighted by molar-refractivity contribution is -0.134. The van der Waals surface area contributed by atoms with Crippen LogP contribution >= 0.6 is 0 Å². The summed E-state index contributed by atoms with van der Waals surface area (Å²) >= 11 is 0. The first kappa shape index (κ1) is 17.6. The van der Waals surface area contributed by atoms with Crippen LogP contribution in [0.4, 0.5) is 0 Å². The van der Waals surface area contributed by atoms with Gasteiger partial charge in [0.25, 0.3) is 5.91 Å². The number of benzene rings is 2. The number of aromatic nitrogens is 1. The number of aryl methyl sites for hydroxylation is 1. The Labute approximate surface area is 166 Å². The molecule has 0 atom stereocenters. The average molecular weight is 388 g/mol. The first-order valence-electron chi connectivity index (χ1n) is 9.62. The minimum absolute atomic E-state index is 0.0563. The van der Waals surface area contributed by atoms with Gasteiger partial charge in [0.05, 0.1) is 0 Å². The van der Waals surface area contributed by atoms with Gasteiger partial charge >= 0.3 is 5.63 Å². The van der Waals surface area contributed by atoms with E-state index in [1.54, 1.807) is 12.1 Å². The van der Waals surface area contributed by atoms with E-state index in [2.05, 4.69) is 17.1 Å². The zero-order valence-corrected chi connectivity index (χ0v) is 16.0. The largest absolute Gasteiger partial charge is 0.484 e. The van der Waals surface area contributed by atoms with Gasteiger partial charge in [0.2, 0.25) is 0 Å². The molecular formula is C23H20N2O4. The van der Waals surface area contributed by atoms with Crippen molar-refractivity contribution in [2.45, 2.75) is 19.9 Å². The number of para-hydroxylation sites is 1. The van der Waals surface area contributed by atoms with Crippen LogP contribution in [0.25, 0.3) is 21.9 Å². The lowest BCUT2D eigenvalue weighted by Gasteiger charge is -2.27. The molecule has 3 heterocycles. The molecule has 1 aliphatic rings. The molecule has 29 heavy (non-hydrogen) atoms. The molecule has 0 aliphatic carbocycles. The minimum atomic E-state index is -0.397. The van der Waals surface area contributed by atoms with Crippen molar-refractivity contribution >= 4 is 27.8 Å². The lowest BCUT2D eigenvalue weighted by atomic mass is 10.0. The van der Waals surface area contributed by atoms with E-state index in [9.17, 15) is 9.59 Å². The quantitative estimate of drug-likeness (QED) is 0.545. The molecule has 0 saturated carbocycles. The maximum Gasteiger partial charge on any atom is 0.336 e. The van der Waals surface area contributed by atoms with Crippen LogP contribution in [0.15, 0.2) is 57.7 Å². The van der Waals surface area contributed by atoms with Crippen molar-refractivity contribution in [3.63, 3.8) is 0 Å². The van der Waals surface area contributed by atoms with Crippen molar-refractivity contribution < 1.29 is 13.9 Å². The Hall–Kier alpha value is -3.54. The molecule has 1 N–H and O–H groups in total. The highest BCUT2D eigenvalue weighted by Gasteiger charge is 2.24. The summed E-state index contributed by atoms with van der Waals surface area (Å²) in [5.41, 5.74) is 4.41. The van der Waals surface area contributed by atoms with Crippen molar-refractivity contribution in [3.05, 3.63) is 75.8 Å². The normalized spacial score (nSPS) is 13.6. The third-order valence-electron chi connectivity index (χ3n) is 5.52. The number of fused-ring (bicyclic) bond motifs is 4. The van der Waals surface area contributed by atoms with Crippen LogP contribution in [0.2, 0.25) is 0 Å². The summed E-state index contributed by atoms with van der Waals surface area (Å²) in [6, 6.07) is 14.9. The second-order valence-electron chi connectivity index (χ2n) is 7.39. The van der Waals surface area contributed by atoms with Gasteiger partial charge in [0.1, 0.15) is 11.3 Å². The molecule has 5 rings (SSSR count). The fraction of sp³-hybridized carbons (Fsp3) is 0.217. The molecule has 0 bridgehead atoms. The Morgan fingerprint density at radius 1 is 1.17 bits per heavy atom. The van der Waals surface area contributed by atoms with Gasteiger partial charge in [0, 0.05) is 59.2 Å². The van der Waals surface area contributed by atoms with Crippen LogP contribution in [0.3, 0.4) is 0 Å². The molecule has 146 valence electrons. The Morgan fingerprint density at radius 2 is 2.03 bits per heavy atom. The number of rotatable bonds is 3. The number of carbonyl (C=O) groups is 1. The van der Waals surface area contributed by atoms with Crippen molar-refractivity contribution in [3.8, 4) is 5.75 Å². The SMILES string of the molecule is Cc1cc(=O)oc2cc(OCC(=O)N3CCc4[nH]c5ccccc5c4C3)ccc12. The molecule has 4 aromatic rings. The number of nitrogens with one attached hydrogen (secondary N) is 1. The van der Waals surface area contributed by atoms with E-state index < -0.39 is 5.63 Å². The summed E-state index contributed by atoms with van der Waals surface area (Å²) in [6.07, 6.45) is 0.802. The van der Waals surface area contributed by atoms with Crippen LogP contribution in [0.5, 0.6) is 5.75 Å². The zero-order valence-electron chi connectivity index (χ0n) is 16.0. The van der Waals surface area contributed by atoms with E-state index >= 15 is 0 Å². The molecule has 0 spiro atoms. The molecule has 0 radical (unpaired) electrons. The van der Waals surface area contributed by atoms with Crippen LogP contribution in [-0.2, 0) is 17.8 Å². The summed E-state index contributed by atoms with van der Waals surface area (Å²) in [7, 11) is 0. The van der Waals surface area contributed by atoms with Crippen molar-refractivity contribution in [1.82, 2.24) is 9.88 Å². The molecule has 1 amide bonds. The van der Waals surface area contributed by atoms with E-state index in [-0.39, 0.29) is 12.5 Å². The summed E-state index contributed by atoms with van der Waals surface area (Å²) in [6.45, 7) is 3.04. The molecule has 0 unspecified atom stereocenters. The predicted molar refractivity (Wildman–Crippen MR) is 110 cm³/mol. The van der Waals surface area contributed by atoms with E-state index in [1.807, 2.05) is 30.0 Å². The van der Waals surface area contributed by atoms with Crippen molar-refractivity contribution in [2.75, 3.05) is 13.2 Å².